The molecular formula is C15H13FN2S. The number of aryl methyl sites for hydroxylation is 1. The molecule has 19 heavy (non-hydrogen) atoms. The molecule has 0 bridgehead atoms. The zero-order valence-corrected chi connectivity index (χ0v) is 11.3. The average molecular weight is 272 g/mol. The van der Waals surface area contributed by atoms with E-state index in [1.807, 2.05) is 35.8 Å². The molecule has 3 aromatic rings. The number of rotatable bonds is 2. The highest BCUT2D eigenvalue weighted by atomic mass is 32.1. The number of aromatic amines is 1. The molecule has 1 heterocycles. The van der Waals surface area contributed by atoms with Gasteiger partial charge < -0.3 is 9.55 Å². The standard InChI is InChI=1S/C15H13FN2S/c1-10-5-4-8-13-14(10)18(15(19)17-13)9-11-6-2-3-7-12(11)16/h2-8H,9H2,1H3,(H,17,19). The van der Waals surface area contributed by atoms with E-state index in [-0.39, 0.29) is 5.82 Å². The molecule has 2 aromatic carbocycles. The first-order valence-corrected chi connectivity index (χ1v) is 6.49. The van der Waals surface area contributed by atoms with Crippen molar-refractivity contribution in [3.63, 3.8) is 0 Å². The van der Waals surface area contributed by atoms with E-state index in [2.05, 4.69) is 4.98 Å². The molecule has 0 aliphatic carbocycles. The Morgan fingerprint density at radius 1 is 1.16 bits per heavy atom. The van der Waals surface area contributed by atoms with Crippen LogP contribution in [0.25, 0.3) is 11.0 Å². The van der Waals surface area contributed by atoms with Gasteiger partial charge in [-0.3, -0.25) is 0 Å². The number of aromatic nitrogens is 2. The normalized spacial score (nSPS) is 11.1. The van der Waals surface area contributed by atoms with Gasteiger partial charge in [0.15, 0.2) is 4.77 Å². The summed E-state index contributed by atoms with van der Waals surface area (Å²) in [5, 5.41) is 0. The molecule has 0 aliphatic rings. The second-order valence-electron chi connectivity index (χ2n) is 4.58. The topological polar surface area (TPSA) is 20.7 Å². The fraction of sp³-hybridized carbons (Fsp3) is 0.133. The van der Waals surface area contributed by atoms with Gasteiger partial charge in [0.05, 0.1) is 17.6 Å². The lowest BCUT2D eigenvalue weighted by Gasteiger charge is -2.07. The summed E-state index contributed by atoms with van der Waals surface area (Å²) in [6, 6.07) is 12.8. The van der Waals surface area contributed by atoms with Gasteiger partial charge in [-0.1, -0.05) is 30.3 Å². The van der Waals surface area contributed by atoms with Gasteiger partial charge in [-0.2, -0.15) is 0 Å². The third-order valence-electron chi connectivity index (χ3n) is 3.28. The number of H-pyrrole nitrogens is 1. The summed E-state index contributed by atoms with van der Waals surface area (Å²) >= 11 is 5.34. The van der Waals surface area contributed by atoms with Crippen molar-refractivity contribution in [3.8, 4) is 0 Å². The molecule has 0 saturated heterocycles. The molecular weight excluding hydrogens is 259 g/mol. The van der Waals surface area contributed by atoms with E-state index in [1.54, 1.807) is 12.1 Å². The molecule has 0 unspecified atom stereocenters. The largest absolute Gasteiger partial charge is 0.331 e. The van der Waals surface area contributed by atoms with Gasteiger partial charge in [0.25, 0.3) is 0 Å². The summed E-state index contributed by atoms with van der Waals surface area (Å²) < 4.78 is 16.3. The highest BCUT2D eigenvalue weighted by Gasteiger charge is 2.09. The van der Waals surface area contributed by atoms with E-state index in [0.29, 0.717) is 16.9 Å². The summed E-state index contributed by atoms with van der Waals surface area (Å²) in [6.07, 6.45) is 0. The van der Waals surface area contributed by atoms with Crippen molar-refractivity contribution in [2.45, 2.75) is 13.5 Å². The van der Waals surface area contributed by atoms with Crippen molar-refractivity contribution in [2.75, 3.05) is 0 Å². The Bertz CT molecular complexity index is 801. The minimum Gasteiger partial charge on any atom is -0.331 e. The Labute approximate surface area is 115 Å². The Balaban J connectivity index is 2.19. The monoisotopic (exact) mass is 272 g/mol. The van der Waals surface area contributed by atoms with E-state index in [0.717, 1.165) is 16.6 Å². The Morgan fingerprint density at radius 3 is 2.74 bits per heavy atom. The van der Waals surface area contributed by atoms with Crippen LogP contribution in [-0.4, -0.2) is 9.55 Å². The average Bonchev–Trinajstić information content (AvgIpc) is 2.70. The van der Waals surface area contributed by atoms with Gasteiger partial charge >= 0.3 is 0 Å². The van der Waals surface area contributed by atoms with Gasteiger partial charge in [-0.25, -0.2) is 4.39 Å². The Hall–Kier alpha value is -1.94. The summed E-state index contributed by atoms with van der Waals surface area (Å²) in [7, 11) is 0. The number of benzene rings is 2. The maximum absolute atomic E-state index is 13.8. The van der Waals surface area contributed by atoms with Gasteiger partial charge in [0.2, 0.25) is 0 Å². The van der Waals surface area contributed by atoms with Crippen molar-refractivity contribution >= 4 is 23.3 Å². The van der Waals surface area contributed by atoms with Gasteiger partial charge in [-0.05, 0) is 36.8 Å². The van der Waals surface area contributed by atoms with Crippen LogP contribution in [0.15, 0.2) is 42.5 Å². The van der Waals surface area contributed by atoms with Gasteiger partial charge in [0, 0.05) is 5.56 Å². The molecule has 0 radical (unpaired) electrons. The summed E-state index contributed by atoms with van der Waals surface area (Å²) in [6.45, 7) is 2.47. The molecule has 1 N–H and O–H groups in total. The number of halogens is 1. The van der Waals surface area contributed by atoms with Gasteiger partial charge in [0.1, 0.15) is 5.82 Å². The van der Waals surface area contributed by atoms with Crippen molar-refractivity contribution < 1.29 is 4.39 Å². The molecule has 1 aromatic heterocycles. The molecule has 3 rings (SSSR count). The quantitative estimate of drug-likeness (QED) is 0.694. The first-order valence-electron chi connectivity index (χ1n) is 6.08. The second-order valence-corrected chi connectivity index (χ2v) is 4.97. The molecule has 4 heteroatoms. The summed E-state index contributed by atoms with van der Waals surface area (Å²) in [5.74, 6) is -0.202. The number of fused-ring (bicyclic) bond motifs is 1. The third kappa shape index (κ3) is 2.08. The minimum atomic E-state index is -0.202. The van der Waals surface area contributed by atoms with E-state index in [9.17, 15) is 4.39 Å². The van der Waals surface area contributed by atoms with Crippen LogP contribution in [0.5, 0.6) is 0 Å². The van der Waals surface area contributed by atoms with Crippen molar-refractivity contribution in [1.82, 2.24) is 9.55 Å². The van der Waals surface area contributed by atoms with Gasteiger partial charge in [-0.15, -0.1) is 0 Å². The molecule has 96 valence electrons. The highest BCUT2D eigenvalue weighted by molar-refractivity contribution is 7.71. The Morgan fingerprint density at radius 2 is 1.95 bits per heavy atom. The maximum atomic E-state index is 13.8. The van der Waals surface area contributed by atoms with Crippen LogP contribution >= 0.6 is 12.2 Å². The van der Waals surface area contributed by atoms with E-state index >= 15 is 0 Å². The molecule has 0 fully saturated rings. The zero-order valence-electron chi connectivity index (χ0n) is 10.5. The number of hydrogen-bond donors (Lipinski definition) is 1. The fourth-order valence-electron chi connectivity index (χ4n) is 2.35. The van der Waals surface area contributed by atoms with E-state index < -0.39 is 0 Å². The lowest BCUT2D eigenvalue weighted by molar-refractivity contribution is 0.600. The fourth-order valence-corrected chi connectivity index (χ4v) is 2.62. The SMILES string of the molecule is Cc1cccc2[nH]c(=S)n(Cc3ccccc3F)c12. The number of nitrogens with one attached hydrogen (secondary N) is 1. The predicted octanol–water partition coefficient (Wildman–Crippen LogP) is 4.19. The number of hydrogen-bond acceptors (Lipinski definition) is 1. The van der Waals surface area contributed by atoms with Crippen LogP contribution in [0.4, 0.5) is 4.39 Å². The van der Waals surface area contributed by atoms with Crippen molar-refractivity contribution in [3.05, 3.63) is 64.2 Å². The first kappa shape index (κ1) is 12.1. The molecule has 2 nitrogen and oxygen atoms in total. The molecule has 0 atom stereocenters. The maximum Gasteiger partial charge on any atom is 0.178 e. The van der Waals surface area contributed by atoms with Crippen LogP contribution in [0, 0.1) is 17.5 Å². The molecule has 0 spiro atoms. The molecule has 0 aliphatic heterocycles. The van der Waals surface area contributed by atoms with Crippen molar-refractivity contribution in [2.24, 2.45) is 0 Å². The van der Waals surface area contributed by atoms with Crippen LogP contribution in [0.3, 0.4) is 0 Å². The van der Waals surface area contributed by atoms with E-state index in [4.69, 9.17) is 12.2 Å². The lowest BCUT2D eigenvalue weighted by atomic mass is 10.2. The molecule has 0 saturated carbocycles. The van der Waals surface area contributed by atoms with Crippen LogP contribution in [-0.2, 0) is 6.54 Å². The summed E-state index contributed by atoms with van der Waals surface area (Å²) in [5.41, 5.74) is 3.79. The minimum absolute atomic E-state index is 0.202. The van der Waals surface area contributed by atoms with Crippen LogP contribution < -0.4 is 0 Å². The zero-order chi connectivity index (χ0) is 13.4. The van der Waals surface area contributed by atoms with Crippen LogP contribution in [0.2, 0.25) is 0 Å². The smallest absolute Gasteiger partial charge is 0.178 e. The third-order valence-corrected chi connectivity index (χ3v) is 3.60. The molecule has 0 amide bonds. The predicted molar refractivity (Wildman–Crippen MR) is 77.4 cm³/mol. The number of imidazole rings is 1. The lowest BCUT2D eigenvalue weighted by Crippen LogP contribution is -2.02. The number of nitrogens with zero attached hydrogens (tertiary/aromatic N) is 1. The second kappa shape index (κ2) is 4.63. The highest BCUT2D eigenvalue weighted by Crippen LogP contribution is 2.20. The summed E-state index contributed by atoms with van der Waals surface area (Å²) in [4.78, 5) is 3.16. The number of para-hydroxylation sites is 1. The van der Waals surface area contributed by atoms with Crippen LogP contribution in [0.1, 0.15) is 11.1 Å². The Kier molecular flexibility index (Phi) is 2.95. The first-order chi connectivity index (χ1) is 9.16. The van der Waals surface area contributed by atoms with Crippen molar-refractivity contribution in [1.29, 1.82) is 0 Å². The van der Waals surface area contributed by atoms with E-state index in [1.165, 1.54) is 6.07 Å².